The number of hydrogen-bond donors (Lipinski definition) is 0. The molecule has 28 heavy (non-hydrogen) atoms. The highest BCUT2D eigenvalue weighted by Crippen LogP contribution is 2.49. The highest BCUT2D eigenvalue weighted by molar-refractivity contribution is 6.11. The van der Waals surface area contributed by atoms with Gasteiger partial charge >= 0.3 is 0 Å². The van der Waals surface area contributed by atoms with Gasteiger partial charge in [-0.1, -0.05) is 64.5 Å². The molecular formula is C23H28N2O3. The lowest BCUT2D eigenvalue weighted by molar-refractivity contribution is -0.142. The highest BCUT2D eigenvalue weighted by atomic mass is 16.2. The van der Waals surface area contributed by atoms with E-state index in [2.05, 4.69) is 0 Å². The topological polar surface area (TPSA) is 57.7 Å². The summed E-state index contributed by atoms with van der Waals surface area (Å²) in [6.07, 6.45) is 5.73. The predicted molar refractivity (Wildman–Crippen MR) is 109 cm³/mol. The van der Waals surface area contributed by atoms with Crippen molar-refractivity contribution < 1.29 is 14.4 Å². The lowest BCUT2D eigenvalue weighted by Crippen LogP contribution is -2.51. The number of hydrogen-bond acceptors (Lipinski definition) is 4. The molecule has 0 bridgehead atoms. The Hall–Kier alpha value is -2.43. The predicted octanol–water partition coefficient (Wildman–Crippen LogP) is 3.29. The van der Waals surface area contributed by atoms with Gasteiger partial charge in [-0.25, -0.2) is 0 Å². The molecule has 2 saturated heterocycles. The van der Waals surface area contributed by atoms with Gasteiger partial charge < -0.3 is 4.90 Å². The molecule has 1 aromatic rings. The number of nitrogens with zero attached hydrogens (tertiary/aromatic N) is 2. The molecule has 148 valence electrons. The molecule has 5 heteroatoms. The third-order valence-corrected chi connectivity index (χ3v) is 6.25. The van der Waals surface area contributed by atoms with Crippen molar-refractivity contribution in [1.82, 2.24) is 4.90 Å². The first-order chi connectivity index (χ1) is 13.3. The Bertz CT molecular complexity index is 867. The van der Waals surface area contributed by atoms with E-state index in [4.69, 9.17) is 0 Å². The van der Waals surface area contributed by atoms with Crippen molar-refractivity contribution in [2.45, 2.75) is 52.6 Å². The molecule has 0 aliphatic carbocycles. The minimum atomic E-state index is -0.607. The third kappa shape index (κ3) is 2.63. The Balaban J connectivity index is 1.82. The number of likely N-dealkylation sites (tertiary alicyclic amines) is 1. The van der Waals surface area contributed by atoms with E-state index in [1.165, 1.54) is 4.90 Å². The van der Waals surface area contributed by atoms with E-state index in [9.17, 15) is 14.4 Å². The van der Waals surface area contributed by atoms with Crippen LogP contribution in [-0.2, 0) is 14.4 Å². The van der Waals surface area contributed by atoms with Crippen LogP contribution in [0.1, 0.15) is 46.1 Å². The molecule has 5 nitrogen and oxygen atoms in total. The molecule has 2 amide bonds. The highest BCUT2D eigenvalue weighted by Gasteiger charge is 2.64. The molecule has 3 heterocycles. The van der Waals surface area contributed by atoms with Gasteiger partial charge in [0.05, 0.1) is 17.9 Å². The summed E-state index contributed by atoms with van der Waals surface area (Å²) in [6, 6.07) is 7.04. The largest absolute Gasteiger partial charge is 0.353 e. The number of rotatable bonds is 4. The van der Waals surface area contributed by atoms with Crippen LogP contribution < -0.4 is 4.90 Å². The Labute approximate surface area is 166 Å². The van der Waals surface area contributed by atoms with E-state index in [0.29, 0.717) is 6.54 Å². The zero-order chi connectivity index (χ0) is 20.2. The maximum atomic E-state index is 13.5. The number of fused-ring (bicyclic) bond motifs is 5. The van der Waals surface area contributed by atoms with Gasteiger partial charge in [-0.15, -0.1) is 0 Å². The zero-order valence-electron chi connectivity index (χ0n) is 17.0. The van der Waals surface area contributed by atoms with Crippen molar-refractivity contribution in [2.24, 2.45) is 17.3 Å². The number of imide groups is 1. The van der Waals surface area contributed by atoms with Crippen molar-refractivity contribution in [1.29, 1.82) is 0 Å². The first kappa shape index (κ1) is 18.9. The molecule has 0 N–H and O–H groups in total. The maximum absolute atomic E-state index is 13.5. The van der Waals surface area contributed by atoms with Gasteiger partial charge in [0.25, 0.3) is 0 Å². The number of carbonyl (C=O) groups excluding carboxylic acids is 3. The molecule has 0 aromatic heterocycles. The molecule has 0 radical (unpaired) electrons. The number of benzene rings is 1. The normalized spacial score (nSPS) is 28.4. The smallest absolute Gasteiger partial charge is 0.235 e. The van der Waals surface area contributed by atoms with Gasteiger partial charge in [0.15, 0.2) is 5.78 Å². The van der Waals surface area contributed by atoms with Crippen molar-refractivity contribution in [3.8, 4) is 0 Å². The molecular weight excluding hydrogens is 352 g/mol. The van der Waals surface area contributed by atoms with E-state index in [-0.39, 0.29) is 23.6 Å². The standard InChI is InChI=1S/C23H28N2O3/c1-5-6-13-24-21(27)17-16-12-11-14-9-7-8-10-15(14)25(16)19(18(17)22(24)28)20(26)23(2,3)4/h7-12,16-19H,5-6,13H2,1-4H3/t16-,17+,18-,19+/m1/s1. The van der Waals surface area contributed by atoms with Gasteiger partial charge in [0, 0.05) is 17.6 Å². The fraction of sp³-hybridized carbons (Fsp3) is 0.522. The number of unbranched alkanes of at least 4 members (excludes halogenated alkanes) is 1. The van der Waals surface area contributed by atoms with Crippen LogP contribution in [0.2, 0.25) is 0 Å². The van der Waals surface area contributed by atoms with Crippen LogP contribution >= 0.6 is 0 Å². The van der Waals surface area contributed by atoms with Crippen molar-refractivity contribution >= 4 is 29.4 Å². The summed E-state index contributed by atoms with van der Waals surface area (Å²) >= 11 is 0. The number of ketones is 1. The molecule has 4 atom stereocenters. The Morgan fingerprint density at radius 2 is 1.75 bits per heavy atom. The molecule has 3 aliphatic heterocycles. The molecule has 4 rings (SSSR count). The van der Waals surface area contributed by atoms with Crippen LogP contribution in [-0.4, -0.2) is 41.1 Å². The molecule has 3 aliphatic rings. The minimum Gasteiger partial charge on any atom is -0.353 e. The maximum Gasteiger partial charge on any atom is 0.235 e. The number of anilines is 1. The average molecular weight is 380 g/mol. The van der Waals surface area contributed by atoms with E-state index in [1.807, 2.05) is 69.0 Å². The second kappa shape index (κ2) is 6.57. The summed E-state index contributed by atoms with van der Waals surface area (Å²) in [7, 11) is 0. The lowest BCUT2D eigenvalue weighted by atomic mass is 9.79. The number of carbonyl (C=O) groups is 3. The number of amides is 2. The average Bonchev–Trinajstić information content (AvgIpc) is 3.12. The minimum absolute atomic E-state index is 0.0218. The fourth-order valence-electron chi connectivity index (χ4n) is 4.86. The molecule has 1 aromatic carbocycles. The zero-order valence-corrected chi connectivity index (χ0v) is 17.0. The van der Waals surface area contributed by atoms with E-state index in [0.717, 1.165) is 24.1 Å². The summed E-state index contributed by atoms with van der Waals surface area (Å²) < 4.78 is 0. The van der Waals surface area contributed by atoms with Crippen LogP contribution in [0, 0.1) is 17.3 Å². The third-order valence-electron chi connectivity index (χ3n) is 6.25. The second-order valence-electron chi connectivity index (χ2n) is 9.11. The van der Waals surface area contributed by atoms with Gasteiger partial charge in [0.1, 0.15) is 6.04 Å². The van der Waals surface area contributed by atoms with Gasteiger partial charge in [-0.2, -0.15) is 0 Å². The lowest BCUT2D eigenvalue weighted by Gasteiger charge is -2.38. The van der Waals surface area contributed by atoms with Crippen molar-refractivity contribution in [2.75, 3.05) is 11.4 Å². The van der Waals surface area contributed by atoms with Gasteiger partial charge in [-0.3, -0.25) is 19.3 Å². The summed E-state index contributed by atoms with van der Waals surface area (Å²) in [5.41, 5.74) is 1.36. The summed E-state index contributed by atoms with van der Waals surface area (Å²) in [5, 5.41) is 0. The molecule has 2 fully saturated rings. The van der Waals surface area contributed by atoms with Crippen LogP contribution in [0.4, 0.5) is 5.69 Å². The SMILES string of the molecule is CCCCN1C(=O)[C@@H]2[C@@H](C1=O)[C@@H](C(=O)C(C)(C)C)N1c3ccccc3C=C[C@H]21. The van der Waals surface area contributed by atoms with E-state index < -0.39 is 23.3 Å². The van der Waals surface area contributed by atoms with Crippen LogP contribution in [0.3, 0.4) is 0 Å². The fourth-order valence-corrected chi connectivity index (χ4v) is 4.86. The van der Waals surface area contributed by atoms with Crippen LogP contribution in [0.5, 0.6) is 0 Å². The van der Waals surface area contributed by atoms with Crippen molar-refractivity contribution in [3.63, 3.8) is 0 Å². The second-order valence-corrected chi connectivity index (χ2v) is 9.11. The number of Topliss-reactive ketones (excluding diaryl/α,β-unsaturated/α-hetero) is 1. The first-order valence-corrected chi connectivity index (χ1v) is 10.2. The van der Waals surface area contributed by atoms with Crippen LogP contribution in [0.15, 0.2) is 30.3 Å². The quantitative estimate of drug-likeness (QED) is 0.752. The summed E-state index contributed by atoms with van der Waals surface area (Å²) in [6.45, 7) is 8.16. The molecule has 0 unspecified atom stereocenters. The molecule has 0 spiro atoms. The van der Waals surface area contributed by atoms with Gasteiger partial charge in [0.2, 0.25) is 11.8 Å². The van der Waals surface area contributed by atoms with E-state index in [1.54, 1.807) is 0 Å². The van der Waals surface area contributed by atoms with Crippen LogP contribution in [0.25, 0.3) is 6.08 Å². The summed E-state index contributed by atoms with van der Waals surface area (Å²) in [5.74, 6) is -1.35. The van der Waals surface area contributed by atoms with Crippen molar-refractivity contribution in [3.05, 3.63) is 35.9 Å². The van der Waals surface area contributed by atoms with E-state index >= 15 is 0 Å². The number of para-hydroxylation sites is 1. The van der Waals surface area contributed by atoms with Gasteiger partial charge in [-0.05, 0) is 18.1 Å². The Kier molecular flexibility index (Phi) is 4.44. The Morgan fingerprint density at radius 1 is 1.07 bits per heavy atom. The molecule has 0 saturated carbocycles. The Morgan fingerprint density at radius 3 is 2.43 bits per heavy atom. The summed E-state index contributed by atoms with van der Waals surface area (Å²) in [4.78, 5) is 43.5. The monoisotopic (exact) mass is 380 g/mol. The first-order valence-electron chi connectivity index (χ1n) is 10.2.